The highest BCUT2D eigenvalue weighted by atomic mass is 35.5. The first-order chi connectivity index (χ1) is 14.1. The van der Waals surface area contributed by atoms with Gasteiger partial charge in [0.25, 0.3) is 0 Å². The molecule has 2 aromatic carbocycles. The summed E-state index contributed by atoms with van der Waals surface area (Å²) in [6, 6.07) is 15.8. The second-order valence-corrected chi connectivity index (χ2v) is 8.56. The minimum Gasteiger partial charge on any atom is -0.497 e. The smallest absolute Gasteiger partial charge is 0.239 e. The number of carbonyl (C=O) groups is 1. The maximum atomic E-state index is 13.1. The number of halogens is 1. The van der Waals surface area contributed by atoms with E-state index >= 15 is 0 Å². The van der Waals surface area contributed by atoms with E-state index in [2.05, 4.69) is 18.7 Å². The predicted molar refractivity (Wildman–Crippen MR) is 131 cm³/mol. The monoisotopic (exact) mass is 465 g/mol. The summed E-state index contributed by atoms with van der Waals surface area (Å²) in [6.07, 6.45) is 0. The Balaban J connectivity index is 0.00000320. The third-order valence-corrected chi connectivity index (χ3v) is 6.79. The van der Waals surface area contributed by atoms with Crippen molar-refractivity contribution in [1.29, 1.82) is 0 Å². The van der Waals surface area contributed by atoms with Gasteiger partial charge in [-0.2, -0.15) is 0 Å². The number of ether oxygens (including phenoxy) is 1. The van der Waals surface area contributed by atoms with Crippen LogP contribution in [0.3, 0.4) is 0 Å². The minimum atomic E-state index is 0. The highest BCUT2D eigenvalue weighted by Gasteiger charge is 2.21. The number of anilines is 1. The van der Waals surface area contributed by atoms with Gasteiger partial charge in [0.05, 0.1) is 23.1 Å². The van der Waals surface area contributed by atoms with Crippen LogP contribution in [0.1, 0.15) is 13.8 Å². The van der Waals surface area contributed by atoms with E-state index in [9.17, 15) is 4.79 Å². The molecule has 0 bridgehead atoms. The van der Waals surface area contributed by atoms with Crippen LogP contribution in [-0.4, -0.2) is 54.8 Å². The average Bonchev–Trinajstić information content (AvgIpc) is 3.18. The summed E-state index contributed by atoms with van der Waals surface area (Å²) < 4.78 is 6.35. The van der Waals surface area contributed by atoms with Gasteiger partial charge < -0.3 is 9.64 Å². The number of methoxy groups -OCH3 is 1. The number of likely N-dealkylation sites (N-methyl/N-ethyl adjacent to an activating group) is 1. The molecule has 162 valence electrons. The van der Waals surface area contributed by atoms with Crippen LogP contribution in [0, 0.1) is 0 Å². The van der Waals surface area contributed by atoms with Gasteiger partial charge in [0.2, 0.25) is 5.91 Å². The third-order valence-electron chi connectivity index (χ3n) is 4.76. The van der Waals surface area contributed by atoms with Crippen LogP contribution in [0.25, 0.3) is 10.2 Å². The predicted octanol–water partition coefficient (Wildman–Crippen LogP) is 5.19. The van der Waals surface area contributed by atoms with Gasteiger partial charge in [-0.25, -0.2) is 4.98 Å². The summed E-state index contributed by atoms with van der Waals surface area (Å²) in [4.78, 5) is 23.1. The number of fused-ring (bicyclic) bond motifs is 1. The van der Waals surface area contributed by atoms with Crippen molar-refractivity contribution in [1.82, 2.24) is 9.88 Å². The number of aromatic nitrogens is 1. The molecule has 0 unspecified atom stereocenters. The van der Waals surface area contributed by atoms with Crippen LogP contribution in [0.2, 0.25) is 0 Å². The summed E-state index contributed by atoms with van der Waals surface area (Å²) in [5.74, 6) is 1.27. The Labute approximate surface area is 192 Å². The van der Waals surface area contributed by atoms with Gasteiger partial charge in [-0.1, -0.05) is 43.4 Å². The standard InChI is InChI=1S/C22H27N3O2S2.ClH/c1-4-24(5-2)13-14-25(21(26)16-28-18-9-7-6-8-10-18)22-23-19-12-11-17(27-3)15-20(19)29-22;/h6-12,15H,4-5,13-14,16H2,1-3H3;1H. The largest absolute Gasteiger partial charge is 0.497 e. The van der Waals surface area contributed by atoms with Crippen LogP contribution in [-0.2, 0) is 4.79 Å². The first-order valence-electron chi connectivity index (χ1n) is 9.79. The van der Waals surface area contributed by atoms with Crippen molar-refractivity contribution in [2.75, 3.05) is 43.9 Å². The molecule has 8 heteroatoms. The Hall–Kier alpha value is -1.80. The minimum absolute atomic E-state index is 0. The number of amides is 1. The van der Waals surface area contributed by atoms with E-state index in [0.717, 1.165) is 45.6 Å². The molecule has 0 saturated carbocycles. The highest BCUT2D eigenvalue weighted by molar-refractivity contribution is 8.00. The Morgan fingerprint density at radius 2 is 1.83 bits per heavy atom. The maximum absolute atomic E-state index is 13.1. The molecule has 0 atom stereocenters. The van der Waals surface area contributed by atoms with Gasteiger partial charge in [-0.3, -0.25) is 9.69 Å². The van der Waals surface area contributed by atoms with E-state index in [-0.39, 0.29) is 18.3 Å². The summed E-state index contributed by atoms with van der Waals surface area (Å²) >= 11 is 3.10. The van der Waals surface area contributed by atoms with Crippen molar-refractivity contribution < 1.29 is 9.53 Å². The lowest BCUT2D eigenvalue weighted by molar-refractivity contribution is -0.116. The lowest BCUT2D eigenvalue weighted by Crippen LogP contribution is -2.39. The zero-order valence-electron chi connectivity index (χ0n) is 17.5. The molecule has 0 saturated heterocycles. The van der Waals surface area contributed by atoms with E-state index in [4.69, 9.17) is 9.72 Å². The number of hydrogen-bond donors (Lipinski definition) is 0. The zero-order chi connectivity index (χ0) is 20.6. The van der Waals surface area contributed by atoms with Crippen LogP contribution in [0.4, 0.5) is 5.13 Å². The molecule has 0 radical (unpaired) electrons. The Morgan fingerprint density at radius 1 is 1.10 bits per heavy atom. The normalized spacial score (nSPS) is 10.8. The zero-order valence-corrected chi connectivity index (χ0v) is 20.0. The average molecular weight is 466 g/mol. The second kappa shape index (κ2) is 12.2. The van der Waals surface area contributed by atoms with E-state index in [0.29, 0.717) is 12.3 Å². The van der Waals surface area contributed by atoms with E-state index < -0.39 is 0 Å². The Morgan fingerprint density at radius 3 is 2.50 bits per heavy atom. The molecule has 5 nitrogen and oxygen atoms in total. The van der Waals surface area contributed by atoms with Crippen LogP contribution in [0.5, 0.6) is 5.75 Å². The number of carbonyl (C=O) groups excluding carboxylic acids is 1. The van der Waals surface area contributed by atoms with Crippen molar-refractivity contribution >= 4 is 56.8 Å². The Kier molecular flexibility index (Phi) is 9.91. The van der Waals surface area contributed by atoms with Crippen molar-refractivity contribution in [3.05, 3.63) is 48.5 Å². The van der Waals surface area contributed by atoms with Crippen molar-refractivity contribution in [3.8, 4) is 5.75 Å². The highest BCUT2D eigenvalue weighted by Crippen LogP contribution is 2.32. The first kappa shape index (κ1) is 24.5. The number of thioether (sulfide) groups is 1. The molecule has 3 aromatic rings. The fraction of sp³-hybridized carbons (Fsp3) is 0.364. The van der Waals surface area contributed by atoms with Gasteiger partial charge in [0.1, 0.15) is 5.75 Å². The summed E-state index contributed by atoms with van der Waals surface area (Å²) in [7, 11) is 1.66. The van der Waals surface area contributed by atoms with Crippen LogP contribution in [0.15, 0.2) is 53.4 Å². The molecule has 0 N–H and O–H groups in total. The topological polar surface area (TPSA) is 45.7 Å². The molecular formula is C22H28ClN3O2S2. The number of benzene rings is 2. The third kappa shape index (κ3) is 6.35. The molecule has 1 heterocycles. The lowest BCUT2D eigenvalue weighted by atomic mass is 10.3. The number of nitrogens with zero attached hydrogens (tertiary/aromatic N) is 3. The van der Waals surface area contributed by atoms with Gasteiger partial charge >= 0.3 is 0 Å². The molecule has 30 heavy (non-hydrogen) atoms. The van der Waals surface area contributed by atoms with Crippen molar-refractivity contribution in [2.45, 2.75) is 18.7 Å². The van der Waals surface area contributed by atoms with Gasteiger partial charge in [-0.05, 0) is 43.4 Å². The second-order valence-electron chi connectivity index (χ2n) is 6.50. The quantitative estimate of drug-likeness (QED) is 0.385. The molecule has 1 aromatic heterocycles. The molecule has 3 rings (SSSR count). The SMILES string of the molecule is CCN(CC)CCN(C(=O)CSc1ccccc1)c1nc2ccc(OC)cc2s1.Cl. The summed E-state index contributed by atoms with van der Waals surface area (Å²) in [6.45, 7) is 7.68. The Bertz CT molecular complexity index is 933. The van der Waals surface area contributed by atoms with Gasteiger partial charge in [0, 0.05) is 18.0 Å². The first-order valence-corrected chi connectivity index (χ1v) is 11.6. The molecule has 0 aliphatic carbocycles. The molecular weight excluding hydrogens is 438 g/mol. The number of hydrogen-bond acceptors (Lipinski definition) is 6. The van der Waals surface area contributed by atoms with E-state index in [1.807, 2.05) is 53.4 Å². The lowest BCUT2D eigenvalue weighted by Gasteiger charge is -2.24. The summed E-state index contributed by atoms with van der Waals surface area (Å²) in [5, 5.41) is 0.749. The van der Waals surface area contributed by atoms with E-state index in [1.165, 1.54) is 11.3 Å². The summed E-state index contributed by atoms with van der Waals surface area (Å²) in [5.41, 5.74) is 0.891. The maximum Gasteiger partial charge on any atom is 0.239 e. The van der Waals surface area contributed by atoms with Gasteiger partial charge in [0.15, 0.2) is 5.13 Å². The molecule has 1 amide bonds. The number of thiazole rings is 1. The van der Waals surface area contributed by atoms with Crippen molar-refractivity contribution in [3.63, 3.8) is 0 Å². The van der Waals surface area contributed by atoms with Crippen LogP contribution >= 0.6 is 35.5 Å². The van der Waals surface area contributed by atoms with Crippen LogP contribution < -0.4 is 9.64 Å². The molecule has 0 spiro atoms. The molecule has 0 aliphatic heterocycles. The fourth-order valence-corrected chi connectivity index (χ4v) is 4.82. The molecule has 0 aliphatic rings. The fourth-order valence-electron chi connectivity index (χ4n) is 2.98. The van der Waals surface area contributed by atoms with Crippen molar-refractivity contribution in [2.24, 2.45) is 0 Å². The van der Waals surface area contributed by atoms with E-state index in [1.54, 1.807) is 18.9 Å². The molecule has 0 fully saturated rings. The number of rotatable bonds is 10. The van der Waals surface area contributed by atoms with Gasteiger partial charge in [-0.15, -0.1) is 24.2 Å².